The molecule has 0 atom stereocenters. The number of hydrogen-bond donors (Lipinski definition) is 1. The summed E-state index contributed by atoms with van der Waals surface area (Å²) < 4.78 is 8.06. The maximum absolute atomic E-state index is 12.5. The first-order valence-corrected chi connectivity index (χ1v) is 12.1. The lowest BCUT2D eigenvalue weighted by Gasteiger charge is -2.08. The summed E-state index contributed by atoms with van der Waals surface area (Å²) in [5.74, 6) is 1.63. The zero-order chi connectivity index (χ0) is 23.3. The smallest absolute Gasteiger partial charge is 0.230 e. The number of aromatic nitrogens is 3. The van der Waals surface area contributed by atoms with Crippen molar-refractivity contribution in [2.45, 2.75) is 25.2 Å². The van der Waals surface area contributed by atoms with Crippen LogP contribution in [-0.2, 0) is 17.9 Å². The number of nitrogens with zero attached hydrogens (tertiary/aromatic N) is 3. The van der Waals surface area contributed by atoms with Crippen LogP contribution in [0.5, 0.6) is 0 Å². The Morgan fingerprint density at radius 2 is 1.65 bits per heavy atom. The van der Waals surface area contributed by atoms with Crippen molar-refractivity contribution in [1.29, 1.82) is 0 Å². The van der Waals surface area contributed by atoms with E-state index in [4.69, 9.17) is 14.4 Å². The van der Waals surface area contributed by atoms with Crippen LogP contribution in [-0.4, -0.2) is 26.2 Å². The highest BCUT2D eigenvalue weighted by Gasteiger charge is 2.17. The van der Waals surface area contributed by atoms with E-state index in [1.165, 1.54) is 11.8 Å². The lowest BCUT2D eigenvalue weighted by atomic mass is 10.2. The van der Waals surface area contributed by atoms with Gasteiger partial charge in [-0.15, -0.1) is 0 Å². The van der Waals surface area contributed by atoms with Crippen molar-refractivity contribution in [2.75, 3.05) is 5.75 Å². The topological polar surface area (TPSA) is 73.0 Å². The SMILES string of the molecule is Cc1oc(-c2ccccc2)nc1Cn1c(SCC(=O)NCc2ccccc2)nc2ccccc21. The molecule has 34 heavy (non-hydrogen) atoms. The van der Waals surface area contributed by atoms with E-state index in [0.29, 0.717) is 19.0 Å². The van der Waals surface area contributed by atoms with E-state index in [9.17, 15) is 4.79 Å². The normalized spacial score (nSPS) is 11.1. The number of benzene rings is 3. The maximum Gasteiger partial charge on any atom is 0.230 e. The lowest BCUT2D eigenvalue weighted by Crippen LogP contribution is -2.24. The summed E-state index contributed by atoms with van der Waals surface area (Å²) in [7, 11) is 0. The molecule has 2 heterocycles. The molecule has 3 aromatic carbocycles. The number of carbonyl (C=O) groups is 1. The Labute approximate surface area is 202 Å². The first-order chi connectivity index (χ1) is 16.7. The Balaban J connectivity index is 1.34. The van der Waals surface area contributed by atoms with Crippen LogP contribution < -0.4 is 5.32 Å². The summed E-state index contributed by atoms with van der Waals surface area (Å²) in [6.45, 7) is 2.95. The largest absolute Gasteiger partial charge is 0.441 e. The number of nitrogens with one attached hydrogen (secondary N) is 1. The van der Waals surface area contributed by atoms with Gasteiger partial charge in [0.25, 0.3) is 0 Å². The third kappa shape index (κ3) is 4.89. The highest BCUT2D eigenvalue weighted by atomic mass is 32.2. The van der Waals surface area contributed by atoms with E-state index in [1.54, 1.807) is 0 Å². The third-order valence-corrected chi connectivity index (χ3v) is 6.48. The monoisotopic (exact) mass is 468 g/mol. The number of hydrogen-bond acceptors (Lipinski definition) is 5. The Hall–Kier alpha value is -3.84. The molecule has 0 bridgehead atoms. The van der Waals surface area contributed by atoms with E-state index in [-0.39, 0.29) is 11.7 Å². The number of carbonyl (C=O) groups excluding carboxylic acids is 1. The van der Waals surface area contributed by atoms with Gasteiger partial charge in [0.1, 0.15) is 11.5 Å². The van der Waals surface area contributed by atoms with Gasteiger partial charge in [-0.25, -0.2) is 9.97 Å². The van der Waals surface area contributed by atoms with Crippen LogP contribution in [0.1, 0.15) is 17.0 Å². The molecule has 5 rings (SSSR count). The molecule has 5 aromatic rings. The molecular weight excluding hydrogens is 444 g/mol. The van der Waals surface area contributed by atoms with Gasteiger partial charge in [0.2, 0.25) is 11.8 Å². The van der Waals surface area contributed by atoms with Crippen molar-refractivity contribution in [2.24, 2.45) is 0 Å². The average molecular weight is 469 g/mol. The summed E-state index contributed by atoms with van der Waals surface area (Å²) in [4.78, 5) is 22.0. The molecule has 0 saturated heterocycles. The third-order valence-electron chi connectivity index (χ3n) is 5.51. The van der Waals surface area contributed by atoms with Crippen molar-refractivity contribution in [3.8, 4) is 11.5 Å². The molecule has 2 aromatic heterocycles. The van der Waals surface area contributed by atoms with Crippen molar-refractivity contribution in [3.63, 3.8) is 0 Å². The Kier molecular flexibility index (Phi) is 6.44. The number of aryl methyl sites for hydroxylation is 1. The first-order valence-electron chi connectivity index (χ1n) is 11.1. The van der Waals surface area contributed by atoms with E-state index in [1.807, 2.05) is 91.9 Å². The molecule has 170 valence electrons. The molecule has 0 spiro atoms. The van der Waals surface area contributed by atoms with Crippen LogP contribution in [0.3, 0.4) is 0 Å². The average Bonchev–Trinajstić information content (AvgIpc) is 3.43. The number of para-hydroxylation sites is 2. The molecule has 0 fully saturated rings. The minimum absolute atomic E-state index is 0.0311. The minimum atomic E-state index is -0.0311. The fourth-order valence-electron chi connectivity index (χ4n) is 3.72. The van der Waals surface area contributed by atoms with Crippen LogP contribution in [0.4, 0.5) is 0 Å². The second-order valence-electron chi connectivity index (χ2n) is 7.91. The van der Waals surface area contributed by atoms with Crippen LogP contribution in [0.2, 0.25) is 0 Å². The predicted molar refractivity (Wildman–Crippen MR) is 135 cm³/mol. The van der Waals surface area contributed by atoms with E-state index < -0.39 is 0 Å². The molecule has 0 unspecified atom stereocenters. The fourth-order valence-corrected chi connectivity index (χ4v) is 4.57. The second kappa shape index (κ2) is 9.97. The maximum atomic E-state index is 12.5. The van der Waals surface area contributed by atoms with E-state index >= 15 is 0 Å². The number of amides is 1. The fraction of sp³-hybridized carbons (Fsp3) is 0.148. The molecule has 0 saturated carbocycles. The van der Waals surface area contributed by atoms with Gasteiger partial charge in [-0.1, -0.05) is 72.4 Å². The minimum Gasteiger partial charge on any atom is -0.441 e. The second-order valence-corrected chi connectivity index (χ2v) is 8.85. The zero-order valence-corrected chi connectivity index (χ0v) is 19.6. The highest BCUT2D eigenvalue weighted by molar-refractivity contribution is 7.99. The van der Waals surface area contributed by atoms with Crippen LogP contribution in [0, 0.1) is 6.92 Å². The summed E-state index contributed by atoms with van der Waals surface area (Å²) >= 11 is 1.43. The summed E-state index contributed by atoms with van der Waals surface area (Å²) in [6, 6.07) is 27.7. The first kappa shape index (κ1) is 22.0. The number of thioether (sulfide) groups is 1. The predicted octanol–water partition coefficient (Wildman–Crippen LogP) is 5.46. The van der Waals surface area contributed by atoms with Gasteiger partial charge < -0.3 is 14.3 Å². The van der Waals surface area contributed by atoms with Crippen molar-refractivity contribution in [1.82, 2.24) is 19.9 Å². The van der Waals surface area contributed by atoms with Crippen molar-refractivity contribution >= 4 is 28.7 Å². The molecule has 1 amide bonds. The Bertz CT molecular complexity index is 1410. The Morgan fingerprint density at radius 1 is 0.941 bits per heavy atom. The summed E-state index contributed by atoms with van der Waals surface area (Å²) in [5.41, 5.74) is 4.75. The molecule has 0 aliphatic heterocycles. The number of fused-ring (bicyclic) bond motifs is 1. The number of imidazole rings is 1. The lowest BCUT2D eigenvalue weighted by molar-refractivity contribution is -0.118. The van der Waals surface area contributed by atoms with E-state index in [2.05, 4.69) is 9.88 Å². The molecule has 1 N–H and O–H groups in total. The molecule has 7 heteroatoms. The van der Waals surface area contributed by atoms with Crippen molar-refractivity contribution < 1.29 is 9.21 Å². The zero-order valence-electron chi connectivity index (χ0n) is 18.8. The van der Waals surface area contributed by atoms with Gasteiger partial charge in [-0.2, -0.15) is 0 Å². The molecule has 6 nitrogen and oxygen atoms in total. The van der Waals surface area contributed by atoms with Gasteiger partial charge in [0, 0.05) is 12.1 Å². The van der Waals surface area contributed by atoms with Gasteiger partial charge in [-0.05, 0) is 36.8 Å². The van der Waals surface area contributed by atoms with Gasteiger partial charge in [0.05, 0.1) is 23.3 Å². The molecule has 0 aliphatic rings. The van der Waals surface area contributed by atoms with Gasteiger partial charge >= 0.3 is 0 Å². The highest BCUT2D eigenvalue weighted by Crippen LogP contribution is 2.27. The number of rotatable bonds is 8. The molecule has 0 aliphatic carbocycles. The van der Waals surface area contributed by atoms with E-state index in [0.717, 1.165) is 38.8 Å². The van der Waals surface area contributed by atoms with Gasteiger partial charge in [-0.3, -0.25) is 4.79 Å². The van der Waals surface area contributed by atoms with Crippen molar-refractivity contribution in [3.05, 3.63) is 102 Å². The van der Waals surface area contributed by atoms with Crippen LogP contribution in [0.25, 0.3) is 22.5 Å². The summed E-state index contributed by atoms with van der Waals surface area (Å²) in [5, 5.41) is 3.76. The Morgan fingerprint density at radius 3 is 2.44 bits per heavy atom. The standard InChI is InChI=1S/C27H24N4O2S/c1-19-23(29-26(33-19)21-12-6-3-7-13-21)17-31-24-15-9-8-14-22(24)30-27(31)34-18-25(32)28-16-20-10-4-2-5-11-20/h2-15H,16-18H2,1H3,(H,28,32). The molecule has 0 radical (unpaired) electrons. The quantitative estimate of drug-likeness (QED) is 0.306. The van der Waals surface area contributed by atoms with Crippen LogP contribution >= 0.6 is 11.8 Å². The van der Waals surface area contributed by atoms with Gasteiger partial charge in [0.15, 0.2) is 5.16 Å². The molecular formula is C27H24N4O2S. The summed E-state index contributed by atoms with van der Waals surface area (Å²) in [6.07, 6.45) is 0. The number of oxazole rings is 1. The van der Waals surface area contributed by atoms with Crippen LogP contribution in [0.15, 0.2) is 94.5 Å².